The van der Waals surface area contributed by atoms with E-state index in [4.69, 9.17) is 9.84 Å². The molecule has 4 saturated carbocycles. The molecule has 4 rings (SSSR count). The second-order valence-electron chi connectivity index (χ2n) is 4.98. The van der Waals surface area contributed by atoms with E-state index in [0.717, 1.165) is 17.8 Å². The minimum absolute atomic E-state index is 0.180. The van der Waals surface area contributed by atoms with E-state index in [9.17, 15) is 0 Å². The molecular formula is C11H18O2. The molecule has 5 atom stereocenters. The summed E-state index contributed by atoms with van der Waals surface area (Å²) >= 11 is 0. The summed E-state index contributed by atoms with van der Waals surface area (Å²) in [6.45, 7) is 3.05. The Morgan fingerprint density at radius 2 is 2.38 bits per heavy atom. The predicted molar refractivity (Wildman–Crippen MR) is 49.3 cm³/mol. The molecule has 0 amide bonds. The van der Waals surface area contributed by atoms with E-state index < -0.39 is 0 Å². The minimum atomic E-state index is 0.180. The lowest BCUT2D eigenvalue weighted by molar-refractivity contribution is 0.00694. The van der Waals surface area contributed by atoms with Crippen LogP contribution in [-0.2, 0) is 4.74 Å². The molecule has 4 fully saturated rings. The first-order valence-electron chi connectivity index (χ1n) is 5.56. The number of hydrogen-bond donors (Lipinski definition) is 1. The zero-order chi connectivity index (χ0) is 9.05. The van der Waals surface area contributed by atoms with Crippen LogP contribution >= 0.6 is 0 Å². The summed E-state index contributed by atoms with van der Waals surface area (Å²) in [5.41, 5.74) is 0.699. The Kier molecular flexibility index (Phi) is 1.58. The van der Waals surface area contributed by atoms with Crippen molar-refractivity contribution in [3.63, 3.8) is 0 Å². The van der Waals surface area contributed by atoms with Gasteiger partial charge in [0.1, 0.15) is 0 Å². The number of ether oxygens (including phenoxy) is 1. The molecule has 13 heavy (non-hydrogen) atoms. The van der Waals surface area contributed by atoms with Gasteiger partial charge in [-0.2, -0.15) is 0 Å². The van der Waals surface area contributed by atoms with Crippen LogP contribution in [0.3, 0.4) is 0 Å². The third-order valence-electron chi connectivity index (χ3n) is 4.80. The Labute approximate surface area is 79.3 Å². The first-order chi connectivity index (χ1) is 6.33. The average Bonchev–Trinajstić information content (AvgIpc) is 2.59. The standard InChI is InChI=1S/C11H18O2/c1-2-11-6-7-5-8(11)9(11)10(7)13-4-3-12/h7-10,12H,2-6H2,1H3/t7?,8?,9?,10-,11?/m0/s1. The normalized spacial score (nSPS) is 55.8. The van der Waals surface area contributed by atoms with Crippen molar-refractivity contribution in [2.75, 3.05) is 13.2 Å². The summed E-state index contributed by atoms with van der Waals surface area (Å²) in [5.74, 6) is 2.70. The van der Waals surface area contributed by atoms with E-state index in [1.807, 2.05) is 0 Å². The Bertz CT molecular complexity index is 228. The van der Waals surface area contributed by atoms with Crippen LogP contribution in [0.5, 0.6) is 0 Å². The van der Waals surface area contributed by atoms with Gasteiger partial charge in [0.15, 0.2) is 0 Å². The first-order valence-corrected chi connectivity index (χ1v) is 5.56. The Morgan fingerprint density at radius 3 is 2.92 bits per heavy atom. The van der Waals surface area contributed by atoms with Crippen molar-refractivity contribution in [2.45, 2.75) is 32.3 Å². The zero-order valence-electron chi connectivity index (χ0n) is 8.20. The molecule has 0 saturated heterocycles. The number of aliphatic hydroxyl groups excluding tert-OH is 1. The molecule has 0 heterocycles. The van der Waals surface area contributed by atoms with Crippen molar-refractivity contribution in [3.05, 3.63) is 0 Å². The quantitative estimate of drug-likeness (QED) is 0.712. The molecule has 4 aliphatic rings. The van der Waals surface area contributed by atoms with Gasteiger partial charge in [-0.05, 0) is 42.4 Å². The van der Waals surface area contributed by atoms with Gasteiger partial charge in [0, 0.05) is 0 Å². The third-order valence-corrected chi connectivity index (χ3v) is 4.80. The highest BCUT2D eigenvalue weighted by Gasteiger charge is 2.77. The van der Waals surface area contributed by atoms with Gasteiger partial charge < -0.3 is 9.84 Å². The number of hydrogen-bond acceptors (Lipinski definition) is 2. The van der Waals surface area contributed by atoms with Gasteiger partial charge in [0.05, 0.1) is 19.3 Å². The van der Waals surface area contributed by atoms with Crippen LogP contribution in [-0.4, -0.2) is 24.4 Å². The monoisotopic (exact) mass is 182 g/mol. The molecule has 4 unspecified atom stereocenters. The summed E-state index contributed by atoms with van der Waals surface area (Å²) in [4.78, 5) is 0. The smallest absolute Gasteiger partial charge is 0.0701 e. The van der Waals surface area contributed by atoms with Gasteiger partial charge in [-0.1, -0.05) is 6.92 Å². The highest BCUT2D eigenvalue weighted by Crippen LogP contribution is 2.80. The van der Waals surface area contributed by atoms with Gasteiger partial charge in [-0.25, -0.2) is 0 Å². The number of aliphatic hydroxyl groups is 1. The SMILES string of the molecule is CCC12CC3CC1C2[C@H]3OCCO. The molecule has 0 radical (unpaired) electrons. The van der Waals surface area contributed by atoms with Crippen LogP contribution in [0.15, 0.2) is 0 Å². The van der Waals surface area contributed by atoms with Crippen LogP contribution in [0.1, 0.15) is 26.2 Å². The Morgan fingerprint density at radius 1 is 1.54 bits per heavy atom. The lowest BCUT2D eigenvalue weighted by Crippen LogP contribution is -2.19. The first kappa shape index (κ1) is 8.25. The highest BCUT2D eigenvalue weighted by molar-refractivity contribution is 5.26. The zero-order valence-corrected chi connectivity index (χ0v) is 8.20. The summed E-state index contributed by atoms with van der Waals surface area (Å²) in [7, 11) is 0. The average molecular weight is 182 g/mol. The number of rotatable bonds is 4. The molecule has 4 aliphatic carbocycles. The van der Waals surface area contributed by atoms with Crippen LogP contribution in [0, 0.1) is 23.2 Å². The summed E-state index contributed by atoms with van der Waals surface area (Å²) in [6.07, 6.45) is 4.68. The van der Waals surface area contributed by atoms with E-state index in [2.05, 4.69) is 6.92 Å². The van der Waals surface area contributed by atoms with Gasteiger partial charge >= 0.3 is 0 Å². The second kappa shape index (κ2) is 2.48. The Balaban J connectivity index is 1.70. The van der Waals surface area contributed by atoms with Crippen LogP contribution in [0.2, 0.25) is 0 Å². The molecule has 1 N–H and O–H groups in total. The summed E-state index contributed by atoms with van der Waals surface area (Å²) in [6, 6.07) is 0. The fraction of sp³-hybridized carbons (Fsp3) is 1.00. The molecule has 2 heteroatoms. The van der Waals surface area contributed by atoms with Crippen LogP contribution in [0.4, 0.5) is 0 Å². The van der Waals surface area contributed by atoms with Gasteiger partial charge in [-0.3, -0.25) is 0 Å². The molecular weight excluding hydrogens is 164 g/mol. The fourth-order valence-corrected chi connectivity index (χ4v) is 4.35. The maximum atomic E-state index is 8.72. The maximum Gasteiger partial charge on any atom is 0.0701 e. The topological polar surface area (TPSA) is 29.5 Å². The summed E-state index contributed by atoms with van der Waals surface area (Å²) in [5, 5.41) is 8.72. The van der Waals surface area contributed by atoms with Crippen molar-refractivity contribution in [1.82, 2.24) is 0 Å². The van der Waals surface area contributed by atoms with E-state index in [-0.39, 0.29) is 6.61 Å². The van der Waals surface area contributed by atoms with Crippen LogP contribution in [0.25, 0.3) is 0 Å². The van der Waals surface area contributed by atoms with Crippen molar-refractivity contribution >= 4 is 0 Å². The molecule has 0 spiro atoms. The molecule has 0 aromatic carbocycles. The predicted octanol–water partition coefficient (Wildman–Crippen LogP) is 1.43. The maximum absolute atomic E-state index is 8.72. The van der Waals surface area contributed by atoms with E-state index in [1.165, 1.54) is 19.3 Å². The molecule has 74 valence electrons. The lowest BCUT2D eigenvalue weighted by atomic mass is 10.0. The lowest BCUT2D eigenvalue weighted by Gasteiger charge is -2.14. The van der Waals surface area contributed by atoms with Crippen molar-refractivity contribution < 1.29 is 9.84 Å². The molecule has 2 nitrogen and oxygen atoms in total. The van der Waals surface area contributed by atoms with Gasteiger partial charge in [-0.15, -0.1) is 0 Å². The summed E-state index contributed by atoms with van der Waals surface area (Å²) < 4.78 is 5.74. The van der Waals surface area contributed by atoms with E-state index >= 15 is 0 Å². The van der Waals surface area contributed by atoms with Crippen LogP contribution < -0.4 is 0 Å². The second-order valence-corrected chi connectivity index (χ2v) is 4.98. The van der Waals surface area contributed by atoms with Gasteiger partial charge in [0.2, 0.25) is 0 Å². The Hall–Kier alpha value is -0.0800. The van der Waals surface area contributed by atoms with E-state index in [1.54, 1.807) is 0 Å². The third kappa shape index (κ3) is 0.816. The van der Waals surface area contributed by atoms with Crippen molar-refractivity contribution in [1.29, 1.82) is 0 Å². The van der Waals surface area contributed by atoms with Crippen molar-refractivity contribution in [3.8, 4) is 0 Å². The minimum Gasteiger partial charge on any atom is -0.394 e. The highest BCUT2D eigenvalue weighted by atomic mass is 16.5. The fourth-order valence-electron chi connectivity index (χ4n) is 4.35. The molecule has 4 bridgehead atoms. The molecule has 0 aliphatic heterocycles. The molecule has 0 aromatic rings. The van der Waals surface area contributed by atoms with Crippen molar-refractivity contribution in [2.24, 2.45) is 23.2 Å². The largest absolute Gasteiger partial charge is 0.394 e. The molecule has 0 aromatic heterocycles. The van der Waals surface area contributed by atoms with E-state index in [0.29, 0.717) is 18.1 Å². The van der Waals surface area contributed by atoms with Gasteiger partial charge in [0.25, 0.3) is 0 Å².